The Labute approximate surface area is 219 Å². The normalized spacial score (nSPS) is 19.4. The Morgan fingerprint density at radius 1 is 0.711 bits per heavy atom. The summed E-state index contributed by atoms with van der Waals surface area (Å²) in [6, 6.07) is 8.89. The van der Waals surface area contributed by atoms with Gasteiger partial charge in [0.25, 0.3) is 0 Å². The molecular formula is C20H22O15S3. The highest BCUT2D eigenvalue weighted by Gasteiger charge is 2.28. The van der Waals surface area contributed by atoms with Crippen LogP contribution in [0.5, 0.6) is 23.0 Å². The van der Waals surface area contributed by atoms with Gasteiger partial charge in [-0.3, -0.25) is 9.11 Å². The van der Waals surface area contributed by atoms with Crippen LogP contribution in [-0.4, -0.2) is 82.4 Å². The van der Waals surface area contributed by atoms with Crippen molar-refractivity contribution in [1.29, 1.82) is 0 Å². The van der Waals surface area contributed by atoms with Gasteiger partial charge in [0.15, 0.2) is 23.0 Å². The van der Waals surface area contributed by atoms with E-state index in [1.54, 1.807) is 0 Å². The van der Waals surface area contributed by atoms with Gasteiger partial charge in [-0.25, -0.2) is 12.6 Å². The van der Waals surface area contributed by atoms with Crippen molar-refractivity contribution in [3.63, 3.8) is 0 Å². The Bertz CT molecular complexity index is 1260. The van der Waals surface area contributed by atoms with Crippen LogP contribution in [0.15, 0.2) is 46.2 Å². The van der Waals surface area contributed by atoms with Crippen LogP contribution in [0.4, 0.5) is 0 Å². The summed E-state index contributed by atoms with van der Waals surface area (Å²) in [5, 5.41) is 0. The van der Waals surface area contributed by atoms with Crippen LogP contribution >= 0.6 is 0 Å². The Morgan fingerprint density at radius 2 is 1.11 bits per heavy atom. The van der Waals surface area contributed by atoms with Crippen molar-refractivity contribution in [2.24, 2.45) is 0 Å². The molecule has 2 aromatic rings. The van der Waals surface area contributed by atoms with Gasteiger partial charge in [-0.05, 0) is 24.3 Å². The highest BCUT2D eigenvalue weighted by atomic mass is 32.3. The molecule has 2 aromatic carbocycles. The molecule has 210 valence electrons. The third kappa shape index (κ3) is 9.33. The van der Waals surface area contributed by atoms with Crippen molar-refractivity contribution in [2.45, 2.75) is 22.4 Å². The maximum atomic E-state index is 13.4. The largest absolute Gasteiger partial charge is 0.487 e. The van der Waals surface area contributed by atoms with E-state index >= 15 is 0 Å². The molecule has 2 fully saturated rings. The zero-order valence-corrected chi connectivity index (χ0v) is 21.7. The Hall–Kier alpha value is -2.55. The smallest absolute Gasteiger partial charge is 0.397 e. The fraction of sp³-hybridized carbons (Fsp3) is 0.400. The van der Waals surface area contributed by atoms with Gasteiger partial charge in [0.2, 0.25) is 12.6 Å². The predicted octanol–water partition coefficient (Wildman–Crippen LogP) is 0.720. The summed E-state index contributed by atoms with van der Waals surface area (Å²) in [7, 11) is -11.1. The lowest BCUT2D eigenvalue weighted by atomic mass is 10.3. The second-order valence-corrected chi connectivity index (χ2v) is 11.1. The van der Waals surface area contributed by atoms with E-state index in [9.17, 15) is 21.0 Å². The molecule has 0 spiro atoms. The molecule has 2 unspecified atom stereocenters. The molecule has 0 amide bonds. The fourth-order valence-corrected chi connectivity index (χ4v) is 4.48. The van der Waals surface area contributed by atoms with Gasteiger partial charge in [0.1, 0.15) is 39.6 Å². The van der Waals surface area contributed by atoms with E-state index in [1.165, 1.54) is 36.4 Å². The third-order valence-corrected chi connectivity index (χ3v) is 6.82. The van der Waals surface area contributed by atoms with E-state index in [1.807, 2.05) is 0 Å². The van der Waals surface area contributed by atoms with Gasteiger partial charge in [-0.15, -0.1) is 0 Å². The average molecular weight is 599 g/mol. The molecular weight excluding hydrogens is 576 g/mol. The number of ether oxygens (including phenoxy) is 6. The van der Waals surface area contributed by atoms with Crippen LogP contribution in [-0.2, 0) is 49.4 Å². The quantitative estimate of drug-likeness (QED) is 0.155. The van der Waals surface area contributed by atoms with E-state index in [0.717, 1.165) is 0 Å². The Kier molecular flexibility index (Phi) is 9.06. The molecule has 0 saturated carbocycles. The van der Waals surface area contributed by atoms with E-state index in [2.05, 4.69) is 8.37 Å². The van der Waals surface area contributed by atoms with Crippen LogP contribution < -0.4 is 18.9 Å². The molecule has 2 saturated heterocycles. The standard InChI is InChI=1S/C20H22O15S3/c21-36(13-1-3-15(34-19-11-30-19)17(9-13)28-5-7-32-37(22,23)24)14-2-4-16(35-20-12-31-20)18(10-14)29-6-8-33-38(25,26)27/h1-4,9-10,19-20H,5-8,11-12H2,(H,22,23,24)(H,25,26,27). The molecule has 2 aliphatic heterocycles. The number of hydrogen-bond donors (Lipinski definition) is 2. The maximum Gasteiger partial charge on any atom is 0.397 e. The summed E-state index contributed by atoms with van der Waals surface area (Å²) in [5.41, 5.74) is 0. The summed E-state index contributed by atoms with van der Waals surface area (Å²) >= 11 is 0. The van der Waals surface area contributed by atoms with Gasteiger partial charge in [-0.2, -0.15) is 16.8 Å². The minimum absolute atomic E-state index is 0.120. The predicted molar refractivity (Wildman–Crippen MR) is 124 cm³/mol. The zero-order valence-electron chi connectivity index (χ0n) is 19.3. The monoisotopic (exact) mass is 598 g/mol. The Morgan fingerprint density at radius 3 is 1.45 bits per heavy atom. The molecule has 15 nitrogen and oxygen atoms in total. The van der Waals surface area contributed by atoms with Crippen LogP contribution in [0.1, 0.15) is 0 Å². The maximum absolute atomic E-state index is 13.4. The first kappa shape index (κ1) is 28.5. The van der Waals surface area contributed by atoms with Crippen LogP contribution in [0.2, 0.25) is 0 Å². The number of benzene rings is 2. The van der Waals surface area contributed by atoms with Crippen molar-refractivity contribution in [3.8, 4) is 23.0 Å². The summed E-state index contributed by atoms with van der Waals surface area (Å²) in [4.78, 5) is 0.555. The van der Waals surface area contributed by atoms with Crippen molar-refractivity contribution in [3.05, 3.63) is 36.4 Å². The Balaban J connectivity index is 1.50. The number of epoxide rings is 2. The van der Waals surface area contributed by atoms with E-state index in [-0.39, 0.29) is 46.0 Å². The molecule has 2 aliphatic rings. The lowest BCUT2D eigenvalue weighted by molar-refractivity contribution is 0.161. The van der Waals surface area contributed by atoms with E-state index in [0.29, 0.717) is 13.2 Å². The van der Waals surface area contributed by atoms with Gasteiger partial charge in [0, 0.05) is 21.9 Å². The molecule has 2 heterocycles. The molecule has 0 bridgehead atoms. The molecule has 18 heteroatoms. The topological polar surface area (TPSA) is 206 Å². The highest BCUT2D eigenvalue weighted by molar-refractivity contribution is 7.85. The summed E-state index contributed by atoms with van der Waals surface area (Å²) in [6.07, 6.45) is -0.953. The zero-order chi connectivity index (χ0) is 27.3. The van der Waals surface area contributed by atoms with E-state index in [4.69, 9.17) is 37.5 Å². The molecule has 2 N–H and O–H groups in total. The molecule has 2 atom stereocenters. The highest BCUT2D eigenvalue weighted by Crippen LogP contribution is 2.36. The van der Waals surface area contributed by atoms with Crippen molar-refractivity contribution in [1.82, 2.24) is 0 Å². The van der Waals surface area contributed by atoms with Crippen molar-refractivity contribution in [2.75, 3.05) is 39.6 Å². The minimum Gasteiger partial charge on any atom is -0.487 e. The number of rotatable bonds is 16. The summed E-state index contributed by atoms with van der Waals surface area (Å²) in [6.45, 7) is -0.790. The molecule has 4 rings (SSSR count). The van der Waals surface area contributed by atoms with Crippen molar-refractivity contribution < 1.29 is 66.9 Å². The van der Waals surface area contributed by atoms with Crippen molar-refractivity contribution >= 4 is 31.6 Å². The molecule has 0 radical (unpaired) electrons. The SMILES string of the molecule is O=S(c1ccc(OC2CO2)c(OCCOS(=O)(=O)O)c1)c1ccc(OC2CO2)c(OCCOS(=O)(=O)O)c1. The van der Waals surface area contributed by atoms with Gasteiger partial charge in [-0.1, -0.05) is 0 Å². The second-order valence-electron chi connectivity index (χ2n) is 7.44. The average Bonchev–Trinajstić information content (AvgIpc) is 3.77. The lowest BCUT2D eigenvalue weighted by Gasteiger charge is -2.15. The molecule has 0 aliphatic carbocycles. The molecule has 38 heavy (non-hydrogen) atoms. The minimum atomic E-state index is -4.64. The van der Waals surface area contributed by atoms with E-state index < -0.39 is 57.4 Å². The first-order chi connectivity index (χ1) is 18.0. The lowest BCUT2D eigenvalue weighted by Crippen LogP contribution is -2.13. The first-order valence-electron chi connectivity index (χ1n) is 10.7. The van der Waals surface area contributed by atoms with Gasteiger partial charge < -0.3 is 28.4 Å². The van der Waals surface area contributed by atoms with Crippen LogP contribution in [0.3, 0.4) is 0 Å². The first-order valence-corrected chi connectivity index (χ1v) is 14.6. The second kappa shape index (κ2) is 12.1. The number of hydrogen-bond acceptors (Lipinski definition) is 13. The molecule has 0 aromatic heterocycles. The summed E-state index contributed by atoms with van der Waals surface area (Å²) in [5.74, 6) is 0.734. The van der Waals surface area contributed by atoms with Crippen LogP contribution in [0, 0.1) is 0 Å². The van der Waals surface area contributed by atoms with Gasteiger partial charge in [0.05, 0.1) is 10.8 Å². The van der Waals surface area contributed by atoms with Gasteiger partial charge >= 0.3 is 20.8 Å². The third-order valence-electron chi connectivity index (χ3n) is 4.53. The summed E-state index contributed by atoms with van der Waals surface area (Å²) < 4.78 is 114. The fourth-order valence-electron chi connectivity index (χ4n) is 2.84. The van der Waals surface area contributed by atoms with Crippen LogP contribution in [0.25, 0.3) is 0 Å².